The standard InChI is InChI=1S/C15H18F3N5O3S/c1-22(2)13-12(9-19-14(20-13)23(3)4)21-27(24,25)11-7-5-10(6-8-11)26-15(16,17)18/h5-9,21H,1-4H3. The Bertz CT molecular complexity index is 900. The lowest BCUT2D eigenvalue weighted by Crippen LogP contribution is -2.21. The summed E-state index contributed by atoms with van der Waals surface area (Å²) in [6.07, 6.45) is -3.54. The third-order valence-electron chi connectivity index (χ3n) is 3.19. The van der Waals surface area contributed by atoms with Gasteiger partial charge < -0.3 is 14.5 Å². The van der Waals surface area contributed by atoms with Crippen molar-refractivity contribution in [1.29, 1.82) is 0 Å². The molecule has 0 atom stereocenters. The Morgan fingerprint density at radius 1 is 1.04 bits per heavy atom. The van der Waals surface area contributed by atoms with E-state index in [-0.39, 0.29) is 10.6 Å². The molecule has 2 aromatic rings. The highest BCUT2D eigenvalue weighted by Crippen LogP contribution is 2.27. The minimum Gasteiger partial charge on any atom is -0.406 e. The van der Waals surface area contributed by atoms with Gasteiger partial charge in [-0.05, 0) is 24.3 Å². The lowest BCUT2D eigenvalue weighted by atomic mass is 10.3. The highest BCUT2D eigenvalue weighted by atomic mass is 32.2. The summed E-state index contributed by atoms with van der Waals surface area (Å²) >= 11 is 0. The van der Waals surface area contributed by atoms with Crippen molar-refractivity contribution in [2.45, 2.75) is 11.3 Å². The Morgan fingerprint density at radius 2 is 1.63 bits per heavy atom. The van der Waals surface area contributed by atoms with Crippen molar-refractivity contribution in [2.75, 3.05) is 42.7 Å². The van der Waals surface area contributed by atoms with E-state index in [2.05, 4.69) is 19.4 Å². The number of rotatable bonds is 6. The van der Waals surface area contributed by atoms with E-state index in [1.54, 1.807) is 38.0 Å². The lowest BCUT2D eigenvalue weighted by Gasteiger charge is -2.19. The molecule has 27 heavy (non-hydrogen) atoms. The second kappa shape index (κ2) is 7.47. The van der Waals surface area contributed by atoms with Crippen LogP contribution in [0.15, 0.2) is 35.4 Å². The topological polar surface area (TPSA) is 87.7 Å². The maximum absolute atomic E-state index is 12.5. The maximum Gasteiger partial charge on any atom is 0.573 e. The van der Waals surface area contributed by atoms with Crippen LogP contribution in [0, 0.1) is 0 Å². The van der Waals surface area contributed by atoms with E-state index in [9.17, 15) is 21.6 Å². The molecule has 1 aromatic heterocycles. The molecular formula is C15H18F3N5O3S. The van der Waals surface area contributed by atoms with Gasteiger partial charge in [0.25, 0.3) is 10.0 Å². The first-order chi connectivity index (χ1) is 12.4. The molecule has 2 rings (SSSR count). The molecule has 0 amide bonds. The van der Waals surface area contributed by atoms with Crippen LogP contribution in [0.2, 0.25) is 0 Å². The Labute approximate surface area is 154 Å². The van der Waals surface area contributed by atoms with Gasteiger partial charge in [0.2, 0.25) is 5.95 Å². The van der Waals surface area contributed by atoms with Crippen molar-refractivity contribution in [1.82, 2.24) is 9.97 Å². The molecule has 0 spiro atoms. The first kappa shape index (κ1) is 20.6. The molecule has 1 N–H and O–H groups in total. The zero-order chi connectivity index (χ0) is 20.4. The maximum atomic E-state index is 12.5. The van der Waals surface area contributed by atoms with Crippen LogP contribution in [-0.2, 0) is 10.0 Å². The van der Waals surface area contributed by atoms with Crippen molar-refractivity contribution >= 4 is 27.5 Å². The summed E-state index contributed by atoms with van der Waals surface area (Å²) < 4.78 is 67.7. The molecule has 0 saturated heterocycles. The van der Waals surface area contributed by atoms with Gasteiger partial charge in [-0.25, -0.2) is 13.4 Å². The van der Waals surface area contributed by atoms with E-state index in [1.807, 2.05) is 0 Å². The molecule has 8 nitrogen and oxygen atoms in total. The van der Waals surface area contributed by atoms with E-state index in [0.717, 1.165) is 24.3 Å². The molecule has 0 aliphatic rings. The number of alkyl halides is 3. The van der Waals surface area contributed by atoms with E-state index < -0.39 is 22.1 Å². The van der Waals surface area contributed by atoms with Crippen molar-refractivity contribution in [3.05, 3.63) is 30.5 Å². The van der Waals surface area contributed by atoms with Gasteiger partial charge in [-0.3, -0.25) is 4.72 Å². The molecule has 0 aliphatic heterocycles. The van der Waals surface area contributed by atoms with Crippen molar-refractivity contribution in [2.24, 2.45) is 0 Å². The largest absolute Gasteiger partial charge is 0.573 e. The quantitative estimate of drug-likeness (QED) is 0.789. The normalized spacial score (nSPS) is 11.8. The molecule has 0 bridgehead atoms. The summed E-state index contributed by atoms with van der Waals surface area (Å²) in [7, 11) is 2.78. The summed E-state index contributed by atoms with van der Waals surface area (Å²) in [6.45, 7) is 0. The second-order valence-electron chi connectivity index (χ2n) is 5.82. The van der Waals surface area contributed by atoms with Crippen LogP contribution in [-0.4, -0.2) is 52.9 Å². The number of sulfonamides is 1. The SMILES string of the molecule is CN(C)c1ncc(NS(=O)(=O)c2ccc(OC(F)(F)F)cc2)c(N(C)C)n1. The third kappa shape index (κ3) is 5.36. The van der Waals surface area contributed by atoms with Crippen LogP contribution in [0.5, 0.6) is 5.75 Å². The lowest BCUT2D eigenvalue weighted by molar-refractivity contribution is -0.274. The fraction of sp³-hybridized carbons (Fsp3) is 0.333. The monoisotopic (exact) mass is 405 g/mol. The van der Waals surface area contributed by atoms with E-state index >= 15 is 0 Å². The first-order valence-electron chi connectivity index (χ1n) is 7.49. The van der Waals surface area contributed by atoms with Gasteiger partial charge in [-0.15, -0.1) is 13.2 Å². The Hall–Kier alpha value is -2.76. The van der Waals surface area contributed by atoms with Gasteiger partial charge in [0.15, 0.2) is 5.82 Å². The number of aromatic nitrogens is 2. The highest BCUT2D eigenvalue weighted by molar-refractivity contribution is 7.92. The molecular weight excluding hydrogens is 387 g/mol. The van der Waals surface area contributed by atoms with Crippen molar-refractivity contribution < 1.29 is 26.3 Å². The van der Waals surface area contributed by atoms with Crippen LogP contribution in [0.25, 0.3) is 0 Å². The average molecular weight is 405 g/mol. The van der Waals surface area contributed by atoms with Gasteiger partial charge in [-0.1, -0.05) is 0 Å². The number of ether oxygens (including phenoxy) is 1. The van der Waals surface area contributed by atoms with E-state index in [1.165, 1.54) is 6.20 Å². The predicted octanol–water partition coefficient (Wildman–Crippen LogP) is 2.31. The van der Waals surface area contributed by atoms with E-state index in [0.29, 0.717) is 11.8 Å². The van der Waals surface area contributed by atoms with E-state index in [4.69, 9.17) is 0 Å². The van der Waals surface area contributed by atoms with Crippen molar-refractivity contribution in [3.8, 4) is 5.75 Å². The highest BCUT2D eigenvalue weighted by Gasteiger charge is 2.31. The minimum atomic E-state index is -4.86. The molecule has 0 unspecified atom stereocenters. The molecule has 0 fully saturated rings. The summed E-state index contributed by atoms with van der Waals surface area (Å²) in [5, 5.41) is 0. The Kier molecular flexibility index (Phi) is 5.68. The summed E-state index contributed by atoms with van der Waals surface area (Å²) in [5.74, 6) is 0.193. The fourth-order valence-electron chi connectivity index (χ4n) is 2.02. The first-order valence-corrected chi connectivity index (χ1v) is 8.98. The zero-order valence-corrected chi connectivity index (χ0v) is 15.8. The van der Waals surface area contributed by atoms with Gasteiger partial charge in [0.05, 0.1) is 11.1 Å². The third-order valence-corrected chi connectivity index (χ3v) is 4.57. The fourth-order valence-corrected chi connectivity index (χ4v) is 3.06. The van der Waals surface area contributed by atoms with Gasteiger partial charge in [0.1, 0.15) is 11.4 Å². The number of benzene rings is 1. The number of hydrogen-bond acceptors (Lipinski definition) is 7. The number of halogens is 3. The Balaban J connectivity index is 2.31. The van der Waals surface area contributed by atoms with Gasteiger partial charge >= 0.3 is 6.36 Å². The molecule has 0 aliphatic carbocycles. The van der Waals surface area contributed by atoms with Crippen LogP contribution < -0.4 is 19.3 Å². The molecule has 12 heteroatoms. The van der Waals surface area contributed by atoms with Crippen LogP contribution in [0.4, 0.5) is 30.6 Å². The number of anilines is 3. The van der Waals surface area contributed by atoms with Crippen molar-refractivity contribution in [3.63, 3.8) is 0 Å². The average Bonchev–Trinajstić information content (AvgIpc) is 2.53. The minimum absolute atomic E-state index is 0.126. The summed E-state index contributed by atoms with van der Waals surface area (Å²) in [6, 6.07) is 3.85. The molecule has 1 heterocycles. The predicted molar refractivity (Wildman–Crippen MR) is 94.6 cm³/mol. The zero-order valence-electron chi connectivity index (χ0n) is 14.9. The second-order valence-corrected chi connectivity index (χ2v) is 7.50. The summed E-state index contributed by atoms with van der Waals surface area (Å²) in [5.41, 5.74) is 0.126. The van der Waals surface area contributed by atoms with Crippen LogP contribution in [0.3, 0.4) is 0 Å². The summed E-state index contributed by atoms with van der Waals surface area (Å²) in [4.78, 5) is 11.4. The molecule has 1 aromatic carbocycles. The number of hydrogen-bond donors (Lipinski definition) is 1. The smallest absolute Gasteiger partial charge is 0.406 e. The molecule has 0 radical (unpaired) electrons. The van der Waals surface area contributed by atoms with Crippen LogP contribution in [0.1, 0.15) is 0 Å². The molecule has 148 valence electrons. The Morgan fingerprint density at radius 3 is 2.11 bits per heavy atom. The number of nitrogens with one attached hydrogen (secondary N) is 1. The number of nitrogens with zero attached hydrogens (tertiary/aromatic N) is 4. The van der Waals surface area contributed by atoms with Crippen LogP contribution >= 0.6 is 0 Å². The van der Waals surface area contributed by atoms with Gasteiger partial charge in [0, 0.05) is 28.2 Å². The molecule has 0 saturated carbocycles. The van der Waals surface area contributed by atoms with Gasteiger partial charge in [-0.2, -0.15) is 4.98 Å².